The van der Waals surface area contributed by atoms with Gasteiger partial charge in [-0.15, -0.1) is 11.3 Å². The quantitative estimate of drug-likeness (QED) is 0.510. The first-order valence-electron chi connectivity index (χ1n) is 9.20. The molecule has 1 amide bonds. The zero-order valence-electron chi connectivity index (χ0n) is 16.1. The fourth-order valence-electron chi connectivity index (χ4n) is 2.94. The normalized spacial score (nSPS) is 10.8. The van der Waals surface area contributed by atoms with Gasteiger partial charge in [-0.1, -0.05) is 12.1 Å². The highest BCUT2D eigenvalue weighted by Gasteiger charge is 2.16. The summed E-state index contributed by atoms with van der Waals surface area (Å²) < 4.78 is 0.772. The van der Waals surface area contributed by atoms with Gasteiger partial charge in [0.2, 0.25) is 5.95 Å². The van der Waals surface area contributed by atoms with E-state index in [1.807, 2.05) is 49.6 Å². The van der Waals surface area contributed by atoms with Crippen molar-refractivity contribution in [2.24, 2.45) is 0 Å². The van der Waals surface area contributed by atoms with Crippen LogP contribution in [0.3, 0.4) is 0 Å². The maximum atomic E-state index is 12.9. The summed E-state index contributed by atoms with van der Waals surface area (Å²) in [6, 6.07) is 9.60. The molecule has 0 fully saturated rings. The van der Waals surface area contributed by atoms with Gasteiger partial charge in [0.05, 0.1) is 10.2 Å². The summed E-state index contributed by atoms with van der Waals surface area (Å²) in [5.41, 5.74) is 4.99. The van der Waals surface area contributed by atoms with Crippen LogP contribution in [0.1, 0.15) is 33.0 Å². The van der Waals surface area contributed by atoms with Crippen molar-refractivity contribution in [2.45, 2.75) is 26.9 Å². The average molecular weight is 404 g/mol. The van der Waals surface area contributed by atoms with Crippen molar-refractivity contribution >= 4 is 33.4 Å². The molecule has 0 bridgehead atoms. The number of hydrogen-bond donors (Lipinski definition) is 2. The lowest BCUT2D eigenvalue weighted by Crippen LogP contribution is -2.25. The van der Waals surface area contributed by atoms with Crippen LogP contribution in [0.15, 0.2) is 48.1 Å². The zero-order valence-corrected chi connectivity index (χ0v) is 17.0. The van der Waals surface area contributed by atoms with Crippen LogP contribution in [0, 0.1) is 13.8 Å². The van der Waals surface area contributed by atoms with Gasteiger partial charge in [0.15, 0.2) is 5.69 Å². The van der Waals surface area contributed by atoms with Crippen LogP contribution in [0.2, 0.25) is 0 Å². The van der Waals surface area contributed by atoms with E-state index in [-0.39, 0.29) is 5.91 Å². The van der Waals surface area contributed by atoms with Gasteiger partial charge in [0, 0.05) is 36.9 Å². The number of hydrogen-bond acceptors (Lipinski definition) is 7. The number of amides is 1. The Hall–Kier alpha value is -3.39. The van der Waals surface area contributed by atoms with Crippen molar-refractivity contribution in [3.63, 3.8) is 0 Å². The first kappa shape index (κ1) is 18.9. The second-order valence-corrected chi connectivity index (χ2v) is 7.48. The first-order chi connectivity index (χ1) is 14.1. The molecule has 0 aromatic carbocycles. The topological polar surface area (TPSA) is 92.7 Å². The van der Waals surface area contributed by atoms with Crippen LogP contribution in [-0.2, 0) is 13.1 Å². The lowest BCUT2D eigenvalue weighted by atomic mass is 10.2. The molecule has 0 unspecified atom stereocenters. The molecule has 4 aromatic heterocycles. The number of nitrogens with zero attached hydrogens (tertiary/aromatic N) is 4. The molecule has 0 saturated carbocycles. The Morgan fingerprint density at radius 1 is 0.966 bits per heavy atom. The zero-order chi connectivity index (χ0) is 20.2. The maximum Gasteiger partial charge on any atom is 0.271 e. The monoisotopic (exact) mass is 404 g/mol. The molecule has 0 aliphatic carbocycles. The third-order valence-corrected chi connectivity index (χ3v) is 5.54. The third-order valence-electron chi connectivity index (χ3n) is 4.63. The molecule has 0 spiro atoms. The molecule has 2 N–H and O–H groups in total. The predicted octanol–water partition coefficient (Wildman–Crippen LogP) is 3.64. The van der Waals surface area contributed by atoms with E-state index < -0.39 is 0 Å². The fraction of sp³-hybridized carbons (Fsp3) is 0.190. The highest BCUT2D eigenvalue weighted by Crippen LogP contribution is 2.24. The van der Waals surface area contributed by atoms with Crippen molar-refractivity contribution in [1.82, 2.24) is 25.3 Å². The van der Waals surface area contributed by atoms with E-state index in [1.54, 1.807) is 12.4 Å². The molecule has 0 atom stereocenters. The summed E-state index contributed by atoms with van der Waals surface area (Å²) in [4.78, 5) is 30.4. The van der Waals surface area contributed by atoms with Crippen molar-refractivity contribution in [3.05, 3.63) is 76.3 Å². The Morgan fingerprint density at radius 2 is 1.66 bits per heavy atom. The van der Waals surface area contributed by atoms with Crippen LogP contribution < -0.4 is 10.6 Å². The molecule has 7 nitrogen and oxygen atoms in total. The maximum absolute atomic E-state index is 12.9. The summed E-state index contributed by atoms with van der Waals surface area (Å²) >= 11 is 1.46. The number of aryl methyl sites for hydroxylation is 2. The van der Waals surface area contributed by atoms with E-state index in [9.17, 15) is 4.79 Å². The van der Waals surface area contributed by atoms with E-state index in [2.05, 4.69) is 30.6 Å². The second-order valence-electron chi connectivity index (χ2n) is 6.56. The first-order valence-corrected chi connectivity index (χ1v) is 10.1. The fourth-order valence-corrected chi connectivity index (χ4v) is 3.76. The predicted molar refractivity (Wildman–Crippen MR) is 114 cm³/mol. The minimum absolute atomic E-state index is 0.233. The van der Waals surface area contributed by atoms with Gasteiger partial charge < -0.3 is 10.6 Å². The van der Waals surface area contributed by atoms with Crippen LogP contribution in [0.5, 0.6) is 0 Å². The summed E-state index contributed by atoms with van der Waals surface area (Å²) in [6.45, 7) is 4.81. The number of nitrogens with one attached hydrogen (secondary N) is 2. The summed E-state index contributed by atoms with van der Waals surface area (Å²) in [7, 11) is 0. The molecule has 0 saturated heterocycles. The SMILES string of the molecule is Cc1ncccc1CNC(=O)c1nc(NCc2cccnc2C)nc2ccsc12. The number of rotatable bonds is 6. The number of carbonyl (C=O) groups is 1. The average Bonchev–Trinajstić information content (AvgIpc) is 3.20. The number of thiophene rings is 1. The largest absolute Gasteiger partial charge is 0.350 e. The minimum Gasteiger partial charge on any atom is -0.350 e. The van der Waals surface area contributed by atoms with E-state index >= 15 is 0 Å². The van der Waals surface area contributed by atoms with Gasteiger partial charge in [-0.3, -0.25) is 14.8 Å². The van der Waals surface area contributed by atoms with E-state index in [0.29, 0.717) is 24.7 Å². The third kappa shape index (κ3) is 4.22. The minimum atomic E-state index is -0.233. The van der Waals surface area contributed by atoms with Crippen molar-refractivity contribution in [1.29, 1.82) is 0 Å². The molecular formula is C21H20N6OS. The molecule has 0 aliphatic rings. The molecule has 146 valence electrons. The van der Waals surface area contributed by atoms with E-state index in [4.69, 9.17) is 0 Å². The Bertz CT molecular complexity index is 1170. The lowest BCUT2D eigenvalue weighted by molar-refractivity contribution is 0.0948. The Balaban J connectivity index is 1.55. The molecule has 29 heavy (non-hydrogen) atoms. The number of anilines is 1. The van der Waals surface area contributed by atoms with Gasteiger partial charge in [-0.2, -0.15) is 0 Å². The van der Waals surface area contributed by atoms with Gasteiger partial charge in [-0.25, -0.2) is 9.97 Å². The number of carbonyl (C=O) groups excluding carboxylic acids is 1. The van der Waals surface area contributed by atoms with Gasteiger partial charge in [0.25, 0.3) is 5.91 Å². The molecular weight excluding hydrogens is 384 g/mol. The standard InChI is InChI=1S/C21H20N6OS/c1-13-15(5-3-8-22-13)11-24-20(28)18-19-17(7-10-29-19)26-21(27-18)25-12-16-6-4-9-23-14(16)2/h3-10H,11-12H2,1-2H3,(H,24,28)(H,25,26,27). The van der Waals surface area contributed by atoms with Gasteiger partial charge in [-0.05, 0) is 48.6 Å². The van der Waals surface area contributed by atoms with Crippen LogP contribution in [0.4, 0.5) is 5.95 Å². The molecule has 0 radical (unpaired) electrons. The Morgan fingerprint density at radius 3 is 2.34 bits per heavy atom. The highest BCUT2D eigenvalue weighted by atomic mass is 32.1. The lowest BCUT2D eigenvalue weighted by Gasteiger charge is -2.10. The Kier molecular flexibility index (Phi) is 5.44. The molecule has 4 heterocycles. The summed E-state index contributed by atoms with van der Waals surface area (Å²) in [6.07, 6.45) is 3.50. The smallest absolute Gasteiger partial charge is 0.271 e. The van der Waals surface area contributed by atoms with E-state index in [1.165, 1.54) is 11.3 Å². The van der Waals surface area contributed by atoms with Crippen molar-refractivity contribution in [2.75, 3.05) is 5.32 Å². The van der Waals surface area contributed by atoms with Gasteiger partial charge >= 0.3 is 0 Å². The summed E-state index contributed by atoms with van der Waals surface area (Å²) in [5, 5.41) is 8.08. The van der Waals surface area contributed by atoms with Crippen LogP contribution in [-0.4, -0.2) is 25.8 Å². The molecule has 8 heteroatoms. The number of aromatic nitrogens is 4. The van der Waals surface area contributed by atoms with Crippen LogP contribution >= 0.6 is 11.3 Å². The number of pyridine rings is 2. The highest BCUT2D eigenvalue weighted by molar-refractivity contribution is 7.17. The molecule has 4 rings (SSSR count). The van der Waals surface area contributed by atoms with Crippen LogP contribution in [0.25, 0.3) is 10.2 Å². The van der Waals surface area contributed by atoms with Crippen molar-refractivity contribution < 1.29 is 4.79 Å². The number of fused-ring (bicyclic) bond motifs is 1. The summed E-state index contributed by atoms with van der Waals surface area (Å²) in [5.74, 6) is 0.186. The second kappa shape index (κ2) is 8.32. The van der Waals surface area contributed by atoms with Crippen molar-refractivity contribution in [3.8, 4) is 0 Å². The Labute approximate surface area is 172 Å². The molecule has 0 aliphatic heterocycles. The van der Waals surface area contributed by atoms with Gasteiger partial charge in [0.1, 0.15) is 0 Å². The van der Waals surface area contributed by atoms with E-state index in [0.717, 1.165) is 32.7 Å². The molecule has 4 aromatic rings.